The van der Waals surface area contributed by atoms with Gasteiger partial charge in [-0.25, -0.2) is 0 Å². The number of hydrogen-bond acceptors (Lipinski definition) is 2. The number of amidine groups is 1. The van der Waals surface area contributed by atoms with Crippen molar-refractivity contribution < 1.29 is 18.4 Å². The maximum atomic E-state index is 12.4. The molecule has 0 unspecified atom stereocenters. The van der Waals surface area contributed by atoms with Gasteiger partial charge in [-0.3, -0.25) is 0 Å². The van der Waals surface area contributed by atoms with Crippen LogP contribution in [0, 0.1) is 3.57 Å². The van der Waals surface area contributed by atoms with Gasteiger partial charge in [0.1, 0.15) is 0 Å². The van der Waals surface area contributed by atoms with Crippen LogP contribution in [-0.4, -0.2) is 11.0 Å². The first-order chi connectivity index (χ1) is 6.86. The van der Waals surface area contributed by atoms with Crippen LogP contribution in [0.5, 0.6) is 0 Å². The standard InChI is InChI=1S/C8H6F3IN2O/c9-8(10,11)5-3-4(7(13)14-15)1-2-6(5)12/h1-3,15H,(H2,13,14). The minimum absolute atomic E-state index is 0.0326. The van der Waals surface area contributed by atoms with Crippen molar-refractivity contribution in [3.63, 3.8) is 0 Å². The second-order valence-electron chi connectivity index (χ2n) is 2.68. The van der Waals surface area contributed by atoms with Crippen LogP contribution < -0.4 is 5.73 Å². The van der Waals surface area contributed by atoms with Crippen molar-refractivity contribution in [2.75, 3.05) is 0 Å². The summed E-state index contributed by atoms with van der Waals surface area (Å²) in [5, 5.41) is 11.0. The molecule has 0 heterocycles. The summed E-state index contributed by atoms with van der Waals surface area (Å²) < 4.78 is 37.4. The average Bonchev–Trinajstić information content (AvgIpc) is 2.15. The van der Waals surface area contributed by atoms with E-state index in [1.807, 2.05) is 0 Å². The molecule has 0 aliphatic carbocycles. The summed E-state index contributed by atoms with van der Waals surface area (Å²) in [4.78, 5) is 0. The van der Waals surface area contributed by atoms with E-state index in [0.717, 1.165) is 6.07 Å². The van der Waals surface area contributed by atoms with Gasteiger partial charge in [0.15, 0.2) is 5.84 Å². The predicted octanol–water partition coefficient (Wildman–Crippen LogP) is 2.40. The van der Waals surface area contributed by atoms with Gasteiger partial charge in [-0.1, -0.05) is 11.2 Å². The van der Waals surface area contributed by atoms with Gasteiger partial charge in [0.05, 0.1) is 5.56 Å². The first-order valence-corrected chi connectivity index (χ1v) is 4.78. The van der Waals surface area contributed by atoms with Gasteiger partial charge in [0, 0.05) is 9.13 Å². The van der Waals surface area contributed by atoms with Crippen LogP contribution in [0.3, 0.4) is 0 Å². The van der Waals surface area contributed by atoms with Crippen LogP contribution in [-0.2, 0) is 6.18 Å². The summed E-state index contributed by atoms with van der Waals surface area (Å²) >= 11 is 1.57. The highest BCUT2D eigenvalue weighted by atomic mass is 127. The van der Waals surface area contributed by atoms with Crippen LogP contribution in [0.4, 0.5) is 13.2 Å². The molecule has 1 rings (SSSR count). The zero-order chi connectivity index (χ0) is 11.6. The molecule has 7 heteroatoms. The van der Waals surface area contributed by atoms with Crippen molar-refractivity contribution >= 4 is 28.4 Å². The SMILES string of the molecule is NC(=NO)c1ccc(I)c(C(F)(F)F)c1. The lowest BCUT2D eigenvalue weighted by Crippen LogP contribution is -2.15. The predicted molar refractivity (Wildman–Crippen MR) is 56.7 cm³/mol. The summed E-state index contributed by atoms with van der Waals surface area (Å²) in [6, 6.07) is 3.46. The normalized spacial score (nSPS) is 12.9. The molecule has 3 nitrogen and oxygen atoms in total. The minimum Gasteiger partial charge on any atom is -0.409 e. The monoisotopic (exact) mass is 330 g/mol. The summed E-state index contributed by atoms with van der Waals surface area (Å²) in [7, 11) is 0. The Morgan fingerprint density at radius 3 is 2.47 bits per heavy atom. The third-order valence-electron chi connectivity index (χ3n) is 1.68. The quantitative estimate of drug-likeness (QED) is 0.273. The smallest absolute Gasteiger partial charge is 0.409 e. The van der Waals surface area contributed by atoms with Gasteiger partial charge in [-0.2, -0.15) is 13.2 Å². The highest BCUT2D eigenvalue weighted by molar-refractivity contribution is 14.1. The molecule has 0 aliphatic rings. The third kappa shape index (κ3) is 2.74. The van der Waals surface area contributed by atoms with E-state index in [4.69, 9.17) is 10.9 Å². The van der Waals surface area contributed by atoms with E-state index in [1.165, 1.54) is 12.1 Å². The van der Waals surface area contributed by atoms with Gasteiger partial charge in [-0.05, 0) is 34.7 Å². The molecule has 0 aromatic heterocycles. The fraction of sp³-hybridized carbons (Fsp3) is 0.125. The zero-order valence-electron chi connectivity index (χ0n) is 7.22. The molecule has 0 bridgehead atoms. The number of nitrogens with zero attached hydrogens (tertiary/aromatic N) is 1. The molecule has 0 radical (unpaired) electrons. The van der Waals surface area contributed by atoms with Gasteiger partial charge >= 0.3 is 6.18 Å². The second kappa shape index (κ2) is 4.25. The lowest BCUT2D eigenvalue weighted by atomic mass is 10.1. The number of nitrogens with two attached hydrogens (primary N) is 1. The van der Waals surface area contributed by atoms with Gasteiger partial charge in [0.25, 0.3) is 0 Å². The van der Waals surface area contributed by atoms with E-state index in [1.54, 1.807) is 22.6 Å². The molecular formula is C8H6F3IN2O. The van der Waals surface area contributed by atoms with E-state index < -0.39 is 11.7 Å². The molecule has 0 spiro atoms. The number of alkyl halides is 3. The Labute approximate surface area is 96.9 Å². The summed E-state index contributed by atoms with van der Waals surface area (Å²) in [6.45, 7) is 0. The molecule has 3 N–H and O–H groups in total. The first-order valence-electron chi connectivity index (χ1n) is 3.71. The third-order valence-corrected chi connectivity index (χ3v) is 2.62. The fourth-order valence-electron chi connectivity index (χ4n) is 0.960. The molecule has 0 amide bonds. The van der Waals surface area contributed by atoms with Gasteiger partial charge in [-0.15, -0.1) is 0 Å². The lowest BCUT2D eigenvalue weighted by molar-refractivity contribution is -0.138. The molecule has 82 valence electrons. The van der Waals surface area contributed by atoms with Crippen LogP contribution in [0.2, 0.25) is 0 Å². The summed E-state index contributed by atoms with van der Waals surface area (Å²) in [6.07, 6.45) is -4.44. The van der Waals surface area contributed by atoms with E-state index in [-0.39, 0.29) is 15.0 Å². The molecule has 0 saturated heterocycles. The molecule has 1 aromatic rings. The Morgan fingerprint density at radius 2 is 2.00 bits per heavy atom. The number of hydrogen-bond donors (Lipinski definition) is 2. The molecule has 0 fully saturated rings. The molecular weight excluding hydrogens is 324 g/mol. The van der Waals surface area contributed by atoms with Gasteiger partial charge < -0.3 is 10.9 Å². The Kier molecular flexibility index (Phi) is 3.42. The number of benzene rings is 1. The van der Waals surface area contributed by atoms with Crippen molar-refractivity contribution in [3.05, 3.63) is 32.9 Å². The van der Waals surface area contributed by atoms with E-state index in [0.29, 0.717) is 0 Å². The number of halogens is 4. The Hall–Kier alpha value is -0.990. The van der Waals surface area contributed by atoms with Gasteiger partial charge in [0.2, 0.25) is 0 Å². The molecule has 0 atom stereocenters. The van der Waals surface area contributed by atoms with Crippen molar-refractivity contribution in [1.82, 2.24) is 0 Å². The molecule has 1 aromatic carbocycles. The zero-order valence-corrected chi connectivity index (χ0v) is 9.37. The van der Waals surface area contributed by atoms with Crippen molar-refractivity contribution in [2.24, 2.45) is 10.9 Å². The topological polar surface area (TPSA) is 58.6 Å². The Morgan fingerprint density at radius 1 is 1.40 bits per heavy atom. The molecule has 0 saturated carbocycles. The largest absolute Gasteiger partial charge is 0.417 e. The average molecular weight is 330 g/mol. The second-order valence-corrected chi connectivity index (χ2v) is 3.84. The van der Waals surface area contributed by atoms with Crippen LogP contribution in [0.1, 0.15) is 11.1 Å². The number of oxime groups is 1. The van der Waals surface area contributed by atoms with E-state index >= 15 is 0 Å². The number of rotatable bonds is 1. The van der Waals surface area contributed by atoms with Crippen LogP contribution in [0.15, 0.2) is 23.4 Å². The maximum Gasteiger partial charge on any atom is 0.417 e. The minimum atomic E-state index is -4.44. The van der Waals surface area contributed by atoms with Crippen molar-refractivity contribution in [3.8, 4) is 0 Å². The van der Waals surface area contributed by atoms with Crippen LogP contribution >= 0.6 is 22.6 Å². The summed E-state index contributed by atoms with van der Waals surface area (Å²) in [5.41, 5.74) is 4.42. The fourth-order valence-corrected chi connectivity index (χ4v) is 1.60. The van der Waals surface area contributed by atoms with E-state index in [2.05, 4.69) is 5.16 Å². The van der Waals surface area contributed by atoms with E-state index in [9.17, 15) is 13.2 Å². The van der Waals surface area contributed by atoms with Crippen LogP contribution in [0.25, 0.3) is 0 Å². The Bertz CT molecular complexity index is 403. The van der Waals surface area contributed by atoms with Crippen molar-refractivity contribution in [2.45, 2.75) is 6.18 Å². The maximum absolute atomic E-state index is 12.4. The highest BCUT2D eigenvalue weighted by Gasteiger charge is 2.33. The molecule has 0 aliphatic heterocycles. The summed E-state index contributed by atoms with van der Waals surface area (Å²) in [5.74, 6) is -0.350. The molecule has 15 heavy (non-hydrogen) atoms. The first kappa shape index (κ1) is 12.1. The lowest BCUT2D eigenvalue weighted by Gasteiger charge is -2.10. The van der Waals surface area contributed by atoms with Crippen molar-refractivity contribution in [1.29, 1.82) is 0 Å². The highest BCUT2D eigenvalue weighted by Crippen LogP contribution is 2.33. The Balaban J connectivity index is 3.29.